The van der Waals surface area contributed by atoms with Crippen LogP contribution in [0.25, 0.3) is 0 Å². The van der Waals surface area contributed by atoms with E-state index in [-0.39, 0.29) is 36.8 Å². The Morgan fingerprint density at radius 2 is 1.64 bits per heavy atom. The lowest BCUT2D eigenvalue weighted by molar-refractivity contribution is -0.134. The smallest absolute Gasteiger partial charge is 0.236 e. The van der Waals surface area contributed by atoms with Crippen LogP contribution in [0.2, 0.25) is 0 Å². The van der Waals surface area contributed by atoms with Crippen LogP contribution in [0.3, 0.4) is 0 Å². The molecule has 2 heterocycles. The van der Waals surface area contributed by atoms with Crippen molar-refractivity contribution in [1.29, 1.82) is 0 Å². The summed E-state index contributed by atoms with van der Waals surface area (Å²) >= 11 is 0. The van der Waals surface area contributed by atoms with Gasteiger partial charge in [0.15, 0.2) is 0 Å². The topological polar surface area (TPSA) is 52.8 Å². The molecule has 0 aliphatic carbocycles. The first-order chi connectivity index (χ1) is 11.2. The molecule has 2 aliphatic heterocycles. The minimum atomic E-state index is 0. The van der Waals surface area contributed by atoms with E-state index in [0.29, 0.717) is 6.54 Å². The zero-order chi connectivity index (χ0) is 16.1. The Bertz CT molecular complexity index is 509. The maximum Gasteiger partial charge on any atom is 0.236 e. The molecule has 0 aromatic heterocycles. The fourth-order valence-electron chi connectivity index (χ4n) is 3.47. The summed E-state index contributed by atoms with van der Waals surface area (Å²) in [6.45, 7) is 7.16. The van der Waals surface area contributed by atoms with Crippen molar-refractivity contribution in [2.75, 3.05) is 45.8 Å². The average Bonchev–Trinajstić information content (AvgIpc) is 2.57. The molecule has 2 aliphatic rings. The molecule has 5 nitrogen and oxygen atoms in total. The van der Waals surface area contributed by atoms with Crippen LogP contribution in [0, 0.1) is 0 Å². The van der Waals surface area contributed by atoms with E-state index in [1.807, 2.05) is 4.90 Å². The van der Waals surface area contributed by atoms with Gasteiger partial charge < -0.3 is 10.6 Å². The average molecular weight is 389 g/mol. The summed E-state index contributed by atoms with van der Waals surface area (Å²) in [5.41, 5.74) is 7.33. The lowest BCUT2D eigenvalue weighted by Crippen LogP contribution is -2.52. The van der Waals surface area contributed by atoms with E-state index in [1.165, 1.54) is 5.56 Å². The van der Waals surface area contributed by atoms with Gasteiger partial charge in [-0.25, -0.2) is 0 Å². The Balaban J connectivity index is 0.00000156. The Kier molecular flexibility index (Phi) is 9.75. The van der Waals surface area contributed by atoms with Crippen LogP contribution in [0.15, 0.2) is 30.3 Å². The summed E-state index contributed by atoms with van der Waals surface area (Å²) < 4.78 is 0. The first-order valence-electron chi connectivity index (χ1n) is 8.73. The monoisotopic (exact) mass is 388 g/mol. The number of likely N-dealkylation sites (tertiary alicyclic amines) is 1. The normalized spacial score (nSPS) is 22.0. The Labute approximate surface area is 163 Å². The van der Waals surface area contributed by atoms with Crippen molar-refractivity contribution in [2.24, 2.45) is 5.73 Å². The molecule has 1 amide bonds. The van der Waals surface area contributed by atoms with Crippen molar-refractivity contribution < 1.29 is 4.79 Å². The standard InChI is InChI=1S/C18H28N4O.2ClH/c19-17-7-4-8-22(14-17)18(23)15-21-11-9-20(10-12-21)13-16-5-2-1-3-6-16;;/h1-3,5-6,17H,4,7-15,19H2;2*1H. The first-order valence-corrected chi connectivity index (χ1v) is 8.73. The van der Waals surface area contributed by atoms with Crippen LogP contribution in [0.1, 0.15) is 18.4 Å². The van der Waals surface area contributed by atoms with Crippen LogP contribution < -0.4 is 5.73 Å². The Morgan fingerprint density at radius 1 is 1.00 bits per heavy atom. The van der Waals surface area contributed by atoms with E-state index >= 15 is 0 Å². The van der Waals surface area contributed by atoms with E-state index in [4.69, 9.17) is 5.73 Å². The van der Waals surface area contributed by atoms with Gasteiger partial charge in [0.2, 0.25) is 5.91 Å². The second-order valence-electron chi connectivity index (χ2n) is 6.78. The highest BCUT2D eigenvalue weighted by Gasteiger charge is 2.24. The highest BCUT2D eigenvalue weighted by molar-refractivity contribution is 5.85. The second kappa shape index (κ2) is 11.0. The van der Waals surface area contributed by atoms with Gasteiger partial charge in [-0.3, -0.25) is 14.6 Å². The van der Waals surface area contributed by atoms with Gasteiger partial charge in [-0.05, 0) is 18.4 Å². The van der Waals surface area contributed by atoms with Gasteiger partial charge in [0.05, 0.1) is 6.54 Å². The number of hydrogen-bond donors (Lipinski definition) is 1. The number of benzene rings is 1. The summed E-state index contributed by atoms with van der Waals surface area (Å²) in [5, 5.41) is 0. The molecule has 25 heavy (non-hydrogen) atoms. The molecule has 0 radical (unpaired) electrons. The molecule has 1 unspecified atom stereocenters. The zero-order valence-electron chi connectivity index (χ0n) is 14.7. The molecule has 1 atom stereocenters. The largest absolute Gasteiger partial charge is 0.340 e. The summed E-state index contributed by atoms with van der Waals surface area (Å²) in [6, 6.07) is 10.8. The van der Waals surface area contributed by atoms with Crippen molar-refractivity contribution >= 4 is 30.7 Å². The lowest BCUT2D eigenvalue weighted by Gasteiger charge is -2.36. The molecule has 0 saturated carbocycles. The third-order valence-electron chi connectivity index (χ3n) is 4.88. The van der Waals surface area contributed by atoms with Crippen LogP contribution in [-0.4, -0.2) is 72.5 Å². The number of rotatable bonds is 4. The van der Waals surface area contributed by atoms with Crippen molar-refractivity contribution in [3.05, 3.63) is 35.9 Å². The van der Waals surface area contributed by atoms with E-state index < -0.39 is 0 Å². The molecule has 0 spiro atoms. The predicted molar refractivity (Wildman–Crippen MR) is 106 cm³/mol. The lowest BCUT2D eigenvalue weighted by atomic mass is 10.1. The summed E-state index contributed by atoms with van der Waals surface area (Å²) in [4.78, 5) is 19.1. The van der Waals surface area contributed by atoms with Crippen molar-refractivity contribution in [1.82, 2.24) is 14.7 Å². The number of halogens is 2. The number of nitrogens with two attached hydrogens (primary N) is 1. The SMILES string of the molecule is Cl.Cl.NC1CCCN(C(=O)CN2CCN(Cc3ccccc3)CC2)C1. The third-order valence-corrected chi connectivity index (χ3v) is 4.88. The van der Waals surface area contributed by atoms with Gasteiger partial charge in [-0.15, -0.1) is 24.8 Å². The van der Waals surface area contributed by atoms with Gasteiger partial charge in [-0.1, -0.05) is 30.3 Å². The van der Waals surface area contributed by atoms with Gasteiger partial charge in [-0.2, -0.15) is 0 Å². The van der Waals surface area contributed by atoms with Crippen LogP contribution in [0.5, 0.6) is 0 Å². The Morgan fingerprint density at radius 3 is 2.28 bits per heavy atom. The number of piperidine rings is 1. The minimum absolute atomic E-state index is 0. The van der Waals surface area contributed by atoms with E-state index in [1.54, 1.807) is 0 Å². The van der Waals surface area contributed by atoms with Crippen molar-refractivity contribution in [3.8, 4) is 0 Å². The van der Waals surface area contributed by atoms with E-state index in [0.717, 1.165) is 58.7 Å². The van der Waals surface area contributed by atoms with Gasteiger partial charge in [0.1, 0.15) is 0 Å². The number of carbonyl (C=O) groups excluding carboxylic acids is 1. The van der Waals surface area contributed by atoms with Gasteiger partial charge >= 0.3 is 0 Å². The molecule has 1 aromatic carbocycles. The Hall–Kier alpha value is -0.850. The number of nitrogens with zero attached hydrogens (tertiary/aromatic N) is 3. The molecule has 3 rings (SSSR count). The van der Waals surface area contributed by atoms with Gasteiger partial charge in [0.25, 0.3) is 0 Å². The van der Waals surface area contributed by atoms with Crippen molar-refractivity contribution in [3.63, 3.8) is 0 Å². The molecule has 0 bridgehead atoms. The highest BCUT2D eigenvalue weighted by atomic mass is 35.5. The van der Waals surface area contributed by atoms with Crippen LogP contribution >= 0.6 is 24.8 Å². The summed E-state index contributed by atoms with van der Waals surface area (Å²) in [6.07, 6.45) is 2.08. The molecule has 7 heteroatoms. The number of hydrogen-bond acceptors (Lipinski definition) is 4. The quantitative estimate of drug-likeness (QED) is 0.850. The molecule has 2 N–H and O–H groups in total. The van der Waals surface area contributed by atoms with E-state index in [9.17, 15) is 4.79 Å². The maximum absolute atomic E-state index is 12.4. The summed E-state index contributed by atoms with van der Waals surface area (Å²) in [5.74, 6) is 0.247. The fourth-order valence-corrected chi connectivity index (χ4v) is 3.47. The molecule has 2 saturated heterocycles. The minimum Gasteiger partial charge on any atom is -0.340 e. The number of amides is 1. The molecule has 1 aromatic rings. The van der Waals surface area contributed by atoms with E-state index in [2.05, 4.69) is 40.1 Å². The third kappa shape index (κ3) is 6.76. The van der Waals surface area contributed by atoms with Gasteiger partial charge in [0, 0.05) is 51.9 Å². The second-order valence-corrected chi connectivity index (χ2v) is 6.78. The number of piperazine rings is 1. The summed E-state index contributed by atoms with van der Waals surface area (Å²) in [7, 11) is 0. The zero-order valence-corrected chi connectivity index (χ0v) is 16.3. The molecular formula is C18H30Cl2N4O. The molecular weight excluding hydrogens is 359 g/mol. The maximum atomic E-state index is 12.4. The molecule has 142 valence electrons. The first kappa shape index (κ1) is 22.2. The predicted octanol–water partition coefficient (Wildman–Crippen LogP) is 1.60. The van der Waals surface area contributed by atoms with Crippen LogP contribution in [-0.2, 0) is 11.3 Å². The highest BCUT2D eigenvalue weighted by Crippen LogP contribution is 2.11. The fraction of sp³-hybridized carbons (Fsp3) is 0.611. The number of carbonyl (C=O) groups is 1. The molecule has 2 fully saturated rings. The van der Waals surface area contributed by atoms with Crippen LogP contribution in [0.4, 0.5) is 0 Å². The van der Waals surface area contributed by atoms with Crippen molar-refractivity contribution in [2.45, 2.75) is 25.4 Å².